The second-order valence-electron chi connectivity index (χ2n) is 6.14. The van der Waals surface area contributed by atoms with Gasteiger partial charge in [-0.2, -0.15) is 11.8 Å². The lowest BCUT2D eigenvalue weighted by Crippen LogP contribution is -2.44. The van der Waals surface area contributed by atoms with Gasteiger partial charge in [-0.15, -0.1) is 24.0 Å². The molecule has 0 unspecified atom stereocenters. The number of halogens is 1. The number of rotatable bonds is 9. The van der Waals surface area contributed by atoms with Crippen LogP contribution in [0.2, 0.25) is 0 Å². The number of aliphatic imine (C=N–C) groups is 1. The average molecular weight is 492 g/mol. The lowest BCUT2D eigenvalue weighted by molar-refractivity contribution is 0.443. The van der Waals surface area contributed by atoms with Crippen LogP contribution in [0.3, 0.4) is 0 Å². The first kappa shape index (κ1) is 24.3. The minimum atomic E-state index is -3.15. The summed E-state index contributed by atoms with van der Waals surface area (Å²) < 4.78 is 26.1. The average Bonchev–Trinajstić information content (AvgIpc) is 2.53. The van der Waals surface area contributed by atoms with Gasteiger partial charge >= 0.3 is 0 Å². The van der Waals surface area contributed by atoms with Crippen molar-refractivity contribution in [1.82, 2.24) is 14.9 Å². The summed E-state index contributed by atoms with van der Waals surface area (Å²) in [6.07, 6.45) is 3.53. The van der Waals surface area contributed by atoms with Gasteiger partial charge in [-0.05, 0) is 12.3 Å². The molecule has 9 heteroatoms. The maximum absolute atomic E-state index is 12.2. The molecule has 144 valence electrons. The van der Waals surface area contributed by atoms with Crippen LogP contribution >= 0.6 is 35.7 Å². The summed E-state index contributed by atoms with van der Waals surface area (Å²) in [5, 5.41) is 6.33. The Balaban J connectivity index is 0.00000529. The first-order valence-electron chi connectivity index (χ1n) is 8.46. The molecule has 2 N–H and O–H groups in total. The van der Waals surface area contributed by atoms with Crippen molar-refractivity contribution < 1.29 is 8.42 Å². The third kappa shape index (κ3) is 10.3. The van der Waals surface area contributed by atoms with Crippen LogP contribution in [0.4, 0.5) is 0 Å². The Hall–Kier alpha value is 0.260. The smallest absolute Gasteiger partial charge is 0.215 e. The zero-order valence-electron chi connectivity index (χ0n) is 15.1. The Bertz CT molecular complexity index is 452. The quantitative estimate of drug-likeness (QED) is 0.223. The predicted octanol–water partition coefficient (Wildman–Crippen LogP) is 1.97. The number of nitrogens with one attached hydrogen (secondary N) is 2. The molecule has 1 rings (SSSR count). The molecule has 6 nitrogen and oxygen atoms in total. The molecule has 0 atom stereocenters. The van der Waals surface area contributed by atoms with Gasteiger partial charge in [0, 0.05) is 44.7 Å². The maximum Gasteiger partial charge on any atom is 0.215 e. The number of unbranched alkanes of at least 4 members (excludes halogenated alkanes) is 1. The fourth-order valence-corrected chi connectivity index (χ4v) is 4.85. The van der Waals surface area contributed by atoms with Gasteiger partial charge in [-0.25, -0.2) is 12.7 Å². The molecule has 0 saturated carbocycles. The summed E-state index contributed by atoms with van der Waals surface area (Å²) in [5.74, 6) is 3.33. The molecule has 0 radical (unpaired) electrons. The van der Waals surface area contributed by atoms with Crippen LogP contribution in [0.5, 0.6) is 0 Å². The number of hydrogen-bond donors (Lipinski definition) is 2. The standard InChI is InChI=1S/C15H32N4O2S2.HI/c1-14(2)6-4-5-7-17-15(16-3)18-8-13-23(20,21)19-9-11-22-12-10-19;/h14H,4-13H2,1-3H3,(H2,16,17,18);1H. The molecule has 0 aromatic heterocycles. The highest BCUT2D eigenvalue weighted by molar-refractivity contribution is 14.0. The summed E-state index contributed by atoms with van der Waals surface area (Å²) in [6, 6.07) is 0. The molecule has 1 fully saturated rings. The molecular weight excluding hydrogens is 459 g/mol. The Labute approximate surface area is 169 Å². The molecule has 24 heavy (non-hydrogen) atoms. The van der Waals surface area contributed by atoms with Crippen molar-refractivity contribution in [1.29, 1.82) is 0 Å². The van der Waals surface area contributed by atoms with Crippen molar-refractivity contribution in [2.75, 3.05) is 50.5 Å². The second-order valence-corrected chi connectivity index (χ2v) is 9.46. The van der Waals surface area contributed by atoms with Crippen molar-refractivity contribution in [3.8, 4) is 0 Å². The zero-order chi connectivity index (χ0) is 17.1. The minimum Gasteiger partial charge on any atom is -0.356 e. The van der Waals surface area contributed by atoms with Crippen LogP contribution in [-0.2, 0) is 10.0 Å². The van der Waals surface area contributed by atoms with Gasteiger partial charge in [0.05, 0.1) is 5.75 Å². The summed E-state index contributed by atoms with van der Waals surface area (Å²) in [6.45, 7) is 6.98. The molecule has 0 aliphatic carbocycles. The van der Waals surface area contributed by atoms with Crippen molar-refractivity contribution in [3.05, 3.63) is 0 Å². The third-order valence-corrected chi connectivity index (χ3v) is 6.55. The normalized spacial score (nSPS) is 16.8. The van der Waals surface area contributed by atoms with Crippen molar-refractivity contribution in [2.45, 2.75) is 33.1 Å². The molecule has 1 saturated heterocycles. The minimum absolute atomic E-state index is 0. The van der Waals surface area contributed by atoms with Gasteiger partial charge in [0.15, 0.2) is 5.96 Å². The molecule has 0 aromatic carbocycles. The topological polar surface area (TPSA) is 73.8 Å². The van der Waals surface area contributed by atoms with Gasteiger partial charge in [0.2, 0.25) is 10.0 Å². The predicted molar refractivity (Wildman–Crippen MR) is 116 cm³/mol. The van der Waals surface area contributed by atoms with E-state index in [0.29, 0.717) is 25.6 Å². The van der Waals surface area contributed by atoms with E-state index in [-0.39, 0.29) is 29.7 Å². The van der Waals surface area contributed by atoms with Crippen molar-refractivity contribution >= 4 is 51.7 Å². The van der Waals surface area contributed by atoms with Gasteiger partial charge in [0.25, 0.3) is 0 Å². The first-order chi connectivity index (χ1) is 11.0. The Morgan fingerprint density at radius 2 is 1.79 bits per heavy atom. The van der Waals surface area contributed by atoms with Crippen LogP contribution in [-0.4, -0.2) is 69.2 Å². The van der Waals surface area contributed by atoms with E-state index in [1.165, 1.54) is 12.8 Å². The molecule has 1 aliphatic rings. The Morgan fingerprint density at radius 1 is 1.17 bits per heavy atom. The SMILES string of the molecule is CN=C(NCCCCC(C)C)NCCS(=O)(=O)N1CCSCC1.I. The number of thioether (sulfide) groups is 1. The third-order valence-electron chi connectivity index (χ3n) is 3.74. The number of sulfonamides is 1. The highest BCUT2D eigenvalue weighted by Crippen LogP contribution is 2.12. The number of hydrogen-bond acceptors (Lipinski definition) is 4. The Morgan fingerprint density at radius 3 is 2.38 bits per heavy atom. The van der Waals surface area contributed by atoms with E-state index >= 15 is 0 Å². The molecule has 0 spiro atoms. The monoisotopic (exact) mass is 492 g/mol. The molecular formula is C15H33IN4O2S2. The van der Waals surface area contributed by atoms with Gasteiger partial charge in [-0.1, -0.05) is 26.7 Å². The van der Waals surface area contributed by atoms with E-state index < -0.39 is 10.0 Å². The van der Waals surface area contributed by atoms with Gasteiger partial charge in [0.1, 0.15) is 0 Å². The van der Waals surface area contributed by atoms with Crippen molar-refractivity contribution in [3.63, 3.8) is 0 Å². The van der Waals surface area contributed by atoms with Crippen LogP contribution < -0.4 is 10.6 Å². The lowest BCUT2D eigenvalue weighted by Gasteiger charge is -2.25. The fraction of sp³-hybridized carbons (Fsp3) is 0.933. The van der Waals surface area contributed by atoms with Gasteiger partial charge in [-0.3, -0.25) is 4.99 Å². The van der Waals surface area contributed by atoms with E-state index in [1.807, 2.05) is 11.8 Å². The number of guanidine groups is 1. The second kappa shape index (κ2) is 13.5. The van der Waals surface area contributed by atoms with Gasteiger partial charge < -0.3 is 10.6 Å². The molecule has 0 amide bonds. The first-order valence-corrected chi connectivity index (χ1v) is 11.2. The lowest BCUT2D eigenvalue weighted by atomic mass is 10.1. The van der Waals surface area contributed by atoms with Crippen molar-refractivity contribution in [2.24, 2.45) is 10.9 Å². The van der Waals surface area contributed by atoms with Crippen LogP contribution in [0, 0.1) is 5.92 Å². The van der Waals surface area contributed by atoms with E-state index in [2.05, 4.69) is 29.5 Å². The van der Waals surface area contributed by atoms with E-state index in [1.54, 1.807) is 11.4 Å². The Kier molecular flexibility index (Phi) is 13.6. The number of nitrogens with zero attached hydrogens (tertiary/aromatic N) is 2. The highest BCUT2D eigenvalue weighted by atomic mass is 127. The zero-order valence-corrected chi connectivity index (χ0v) is 19.0. The van der Waals surface area contributed by atoms with E-state index in [4.69, 9.17) is 0 Å². The molecule has 0 aromatic rings. The molecule has 1 aliphatic heterocycles. The van der Waals surface area contributed by atoms with Crippen LogP contribution in [0.25, 0.3) is 0 Å². The molecule has 0 bridgehead atoms. The largest absolute Gasteiger partial charge is 0.356 e. The summed E-state index contributed by atoms with van der Waals surface area (Å²) >= 11 is 1.81. The van der Waals surface area contributed by atoms with E-state index in [0.717, 1.165) is 30.4 Å². The molecule has 1 heterocycles. The summed E-state index contributed by atoms with van der Waals surface area (Å²) in [7, 11) is -1.44. The highest BCUT2D eigenvalue weighted by Gasteiger charge is 2.23. The van der Waals surface area contributed by atoms with E-state index in [9.17, 15) is 8.42 Å². The summed E-state index contributed by atoms with van der Waals surface area (Å²) in [4.78, 5) is 4.14. The fourth-order valence-electron chi connectivity index (χ4n) is 2.36. The van der Waals surface area contributed by atoms with Crippen LogP contribution in [0.15, 0.2) is 4.99 Å². The summed E-state index contributed by atoms with van der Waals surface area (Å²) in [5.41, 5.74) is 0. The maximum atomic E-state index is 12.2. The van der Waals surface area contributed by atoms with Crippen LogP contribution in [0.1, 0.15) is 33.1 Å².